The van der Waals surface area contributed by atoms with Gasteiger partial charge < -0.3 is 25.2 Å². The first-order valence-electron chi connectivity index (χ1n) is 6.08. The van der Waals surface area contributed by atoms with Crippen LogP contribution >= 0.6 is 0 Å². The molecule has 2 unspecified atom stereocenters. The highest BCUT2D eigenvalue weighted by molar-refractivity contribution is 5.83. The van der Waals surface area contributed by atoms with Gasteiger partial charge in [-0.3, -0.25) is 0 Å². The van der Waals surface area contributed by atoms with E-state index in [4.69, 9.17) is 9.84 Å². The predicted molar refractivity (Wildman–Crippen MR) is 61.1 cm³/mol. The lowest BCUT2D eigenvalue weighted by atomic mass is 10.1. The van der Waals surface area contributed by atoms with Crippen molar-refractivity contribution in [3.8, 4) is 0 Å². The fraction of sp³-hybridized carbons (Fsp3) is 0.818. The van der Waals surface area contributed by atoms with Crippen LogP contribution in [0.5, 0.6) is 0 Å². The average molecular weight is 258 g/mol. The van der Waals surface area contributed by atoms with Crippen molar-refractivity contribution in [2.45, 2.75) is 44.1 Å². The highest BCUT2D eigenvalue weighted by Crippen LogP contribution is 2.19. The Labute approximate surface area is 105 Å². The molecule has 0 bridgehead atoms. The van der Waals surface area contributed by atoms with Crippen LogP contribution in [0, 0.1) is 0 Å². The SMILES string of the molecule is CC1OCCC1NC(=O)N1C[C@@H](O)C[C@H]1C(=O)O. The first-order chi connectivity index (χ1) is 8.49. The van der Waals surface area contributed by atoms with Gasteiger partial charge in [-0.2, -0.15) is 0 Å². The maximum atomic E-state index is 12.0. The molecule has 0 aromatic heterocycles. The maximum Gasteiger partial charge on any atom is 0.326 e. The largest absolute Gasteiger partial charge is 0.480 e. The van der Waals surface area contributed by atoms with E-state index in [-0.39, 0.29) is 25.1 Å². The summed E-state index contributed by atoms with van der Waals surface area (Å²) in [6.07, 6.45) is -0.0283. The van der Waals surface area contributed by atoms with E-state index >= 15 is 0 Å². The molecule has 0 radical (unpaired) electrons. The topological polar surface area (TPSA) is 99.1 Å². The van der Waals surface area contributed by atoms with Gasteiger partial charge in [-0.1, -0.05) is 0 Å². The molecule has 0 aliphatic carbocycles. The first kappa shape index (κ1) is 13.1. The fourth-order valence-corrected chi connectivity index (χ4v) is 2.44. The van der Waals surface area contributed by atoms with Crippen LogP contribution in [0.2, 0.25) is 0 Å². The molecule has 2 aliphatic heterocycles. The number of carbonyl (C=O) groups excluding carboxylic acids is 1. The molecule has 2 aliphatic rings. The monoisotopic (exact) mass is 258 g/mol. The maximum absolute atomic E-state index is 12.0. The third-order valence-corrected chi connectivity index (χ3v) is 3.51. The number of β-amino-alcohol motifs (C(OH)–C–C–N with tert-alkyl or cyclic N) is 1. The third-order valence-electron chi connectivity index (χ3n) is 3.51. The Morgan fingerprint density at radius 3 is 2.72 bits per heavy atom. The van der Waals surface area contributed by atoms with Gasteiger partial charge in [0.25, 0.3) is 0 Å². The average Bonchev–Trinajstić information content (AvgIpc) is 2.86. The predicted octanol–water partition coefficient (Wildman–Crippen LogP) is -0.607. The normalized spacial score (nSPS) is 35.8. The Balaban J connectivity index is 1.97. The molecule has 0 aromatic rings. The van der Waals surface area contributed by atoms with Crippen LogP contribution in [0.25, 0.3) is 0 Å². The van der Waals surface area contributed by atoms with Gasteiger partial charge in [-0.05, 0) is 13.3 Å². The van der Waals surface area contributed by atoms with Crippen molar-refractivity contribution in [3.63, 3.8) is 0 Å². The quantitative estimate of drug-likeness (QED) is 0.614. The molecule has 102 valence electrons. The number of urea groups is 1. The standard InChI is InChI=1S/C11H18N2O5/c1-6-8(2-3-18-6)12-11(17)13-5-7(14)4-9(13)10(15)16/h6-9,14H,2-5H2,1H3,(H,12,17)(H,15,16)/t6?,7-,8?,9-/m0/s1. The number of amides is 2. The lowest BCUT2D eigenvalue weighted by Crippen LogP contribution is -2.50. The summed E-state index contributed by atoms with van der Waals surface area (Å²) in [6, 6.07) is -1.48. The van der Waals surface area contributed by atoms with E-state index in [9.17, 15) is 14.7 Å². The van der Waals surface area contributed by atoms with Crippen molar-refractivity contribution in [1.29, 1.82) is 0 Å². The number of nitrogens with one attached hydrogen (secondary N) is 1. The zero-order valence-electron chi connectivity index (χ0n) is 10.2. The van der Waals surface area contributed by atoms with E-state index in [1.807, 2.05) is 6.92 Å². The summed E-state index contributed by atoms with van der Waals surface area (Å²) in [5, 5.41) is 21.2. The van der Waals surface area contributed by atoms with Gasteiger partial charge in [0.2, 0.25) is 0 Å². The second-order valence-electron chi connectivity index (χ2n) is 4.82. The van der Waals surface area contributed by atoms with Crippen molar-refractivity contribution in [2.75, 3.05) is 13.2 Å². The number of hydrogen-bond acceptors (Lipinski definition) is 4. The summed E-state index contributed by atoms with van der Waals surface area (Å²) in [5.74, 6) is -1.09. The lowest BCUT2D eigenvalue weighted by Gasteiger charge is -2.25. The van der Waals surface area contributed by atoms with Gasteiger partial charge in [0, 0.05) is 19.6 Å². The van der Waals surface area contributed by atoms with E-state index in [2.05, 4.69) is 5.32 Å². The minimum absolute atomic E-state index is 0.0603. The molecule has 0 spiro atoms. The number of carboxylic acid groups (broad SMARTS) is 1. The second kappa shape index (κ2) is 5.11. The molecule has 2 saturated heterocycles. The van der Waals surface area contributed by atoms with Gasteiger partial charge in [-0.25, -0.2) is 9.59 Å². The summed E-state index contributed by atoms with van der Waals surface area (Å²) in [5.41, 5.74) is 0. The molecule has 0 aromatic carbocycles. The van der Waals surface area contributed by atoms with E-state index in [0.717, 1.165) is 6.42 Å². The molecule has 2 amide bonds. The number of likely N-dealkylation sites (tertiary alicyclic amines) is 1. The zero-order valence-corrected chi connectivity index (χ0v) is 10.2. The molecular formula is C11H18N2O5. The van der Waals surface area contributed by atoms with Gasteiger partial charge in [-0.15, -0.1) is 0 Å². The Morgan fingerprint density at radius 1 is 1.44 bits per heavy atom. The van der Waals surface area contributed by atoms with E-state index < -0.39 is 24.1 Å². The summed E-state index contributed by atoms with van der Waals surface area (Å²) in [4.78, 5) is 24.2. The number of carbonyl (C=O) groups is 2. The van der Waals surface area contributed by atoms with Gasteiger partial charge in [0.1, 0.15) is 6.04 Å². The molecule has 0 saturated carbocycles. The molecular weight excluding hydrogens is 240 g/mol. The minimum Gasteiger partial charge on any atom is -0.480 e. The van der Waals surface area contributed by atoms with Crippen molar-refractivity contribution in [1.82, 2.24) is 10.2 Å². The summed E-state index contributed by atoms with van der Waals surface area (Å²) in [6.45, 7) is 2.52. The molecule has 2 fully saturated rings. The van der Waals surface area contributed by atoms with Crippen molar-refractivity contribution >= 4 is 12.0 Å². The summed E-state index contributed by atoms with van der Waals surface area (Å²) in [7, 11) is 0. The Kier molecular flexibility index (Phi) is 3.72. The second-order valence-corrected chi connectivity index (χ2v) is 4.82. The van der Waals surface area contributed by atoms with E-state index in [0.29, 0.717) is 6.61 Å². The Morgan fingerprint density at radius 2 is 2.17 bits per heavy atom. The van der Waals surface area contributed by atoms with Crippen LogP contribution in [-0.4, -0.2) is 64.6 Å². The Hall–Kier alpha value is -1.34. The fourth-order valence-electron chi connectivity index (χ4n) is 2.44. The number of ether oxygens (including phenoxy) is 1. The van der Waals surface area contributed by atoms with Crippen molar-refractivity contribution in [3.05, 3.63) is 0 Å². The highest BCUT2D eigenvalue weighted by atomic mass is 16.5. The Bertz CT molecular complexity index is 348. The number of rotatable bonds is 2. The molecule has 3 N–H and O–H groups in total. The molecule has 2 rings (SSSR count). The van der Waals surface area contributed by atoms with E-state index in [1.165, 1.54) is 4.90 Å². The van der Waals surface area contributed by atoms with Crippen LogP contribution in [-0.2, 0) is 9.53 Å². The van der Waals surface area contributed by atoms with E-state index in [1.54, 1.807) is 0 Å². The van der Waals surface area contributed by atoms with Crippen LogP contribution in [0.4, 0.5) is 4.79 Å². The molecule has 4 atom stereocenters. The van der Waals surface area contributed by atoms with Crippen LogP contribution in [0.3, 0.4) is 0 Å². The van der Waals surface area contributed by atoms with Gasteiger partial charge >= 0.3 is 12.0 Å². The lowest BCUT2D eigenvalue weighted by molar-refractivity contribution is -0.141. The van der Waals surface area contributed by atoms with Crippen molar-refractivity contribution in [2.24, 2.45) is 0 Å². The number of aliphatic carboxylic acids is 1. The number of aliphatic hydroxyl groups is 1. The smallest absolute Gasteiger partial charge is 0.326 e. The molecule has 2 heterocycles. The number of aliphatic hydroxyl groups excluding tert-OH is 1. The number of hydrogen-bond donors (Lipinski definition) is 3. The van der Waals surface area contributed by atoms with Crippen LogP contribution < -0.4 is 5.32 Å². The summed E-state index contributed by atoms with van der Waals surface area (Å²) < 4.78 is 5.33. The highest BCUT2D eigenvalue weighted by Gasteiger charge is 2.40. The van der Waals surface area contributed by atoms with Crippen LogP contribution in [0.15, 0.2) is 0 Å². The molecule has 7 nitrogen and oxygen atoms in total. The van der Waals surface area contributed by atoms with Gasteiger partial charge in [0.05, 0.1) is 18.2 Å². The summed E-state index contributed by atoms with van der Waals surface area (Å²) >= 11 is 0. The zero-order chi connectivity index (χ0) is 13.3. The van der Waals surface area contributed by atoms with Crippen LogP contribution in [0.1, 0.15) is 19.8 Å². The number of carboxylic acids is 1. The molecule has 7 heteroatoms. The minimum atomic E-state index is -1.09. The van der Waals surface area contributed by atoms with Gasteiger partial charge in [0.15, 0.2) is 0 Å². The first-order valence-corrected chi connectivity index (χ1v) is 6.08. The third kappa shape index (κ3) is 2.56. The number of nitrogens with zero attached hydrogens (tertiary/aromatic N) is 1. The molecule has 18 heavy (non-hydrogen) atoms. The van der Waals surface area contributed by atoms with Crippen molar-refractivity contribution < 1.29 is 24.5 Å².